The van der Waals surface area contributed by atoms with E-state index in [0.717, 1.165) is 0 Å². The molecule has 6 nitrogen and oxygen atoms in total. The van der Waals surface area contributed by atoms with E-state index in [1.54, 1.807) is 0 Å². The van der Waals surface area contributed by atoms with Crippen LogP contribution >= 0.6 is 23.2 Å². The molecule has 1 N–H and O–H groups in total. The number of benzene rings is 2. The van der Waals surface area contributed by atoms with Gasteiger partial charge in [-0.2, -0.15) is 4.31 Å². The molecule has 1 saturated heterocycles. The fraction of sp³-hybridized carbons (Fsp3) is 0.348. The van der Waals surface area contributed by atoms with Crippen molar-refractivity contribution in [3.05, 3.63) is 81.2 Å². The van der Waals surface area contributed by atoms with Crippen LogP contribution in [0.3, 0.4) is 0 Å². The lowest BCUT2D eigenvalue weighted by atomic mass is 9.90. The number of hydrogen-bond donors (Lipinski definition) is 1. The Morgan fingerprint density at radius 3 is 1.94 bits per heavy atom. The SMILES string of the molecule is CC(C)N1CCN(S(=O)(=O)c2cnc(C(c3ccc(F)c(Cl)c3)c3ccc(F)c(Cl)c3)[nH]2)CC1. The Balaban J connectivity index is 1.70. The second-order valence-electron chi connectivity index (χ2n) is 8.45. The van der Waals surface area contributed by atoms with Gasteiger partial charge in [-0.1, -0.05) is 35.3 Å². The Morgan fingerprint density at radius 1 is 0.941 bits per heavy atom. The van der Waals surface area contributed by atoms with Crippen LogP contribution in [-0.2, 0) is 10.0 Å². The minimum Gasteiger partial charge on any atom is -0.331 e. The second kappa shape index (κ2) is 9.91. The predicted octanol–water partition coefficient (Wildman–Crippen LogP) is 4.89. The number of aromatic amines is 1. The largest absolute Gasteiger partial charge is 0.331 e. The molecule has 3 aromatic rings. The molecule has 1 fully saturated rings. The van der Waals surface area contributed by atoms with Gasteiger partial charge in [-0.15, -0.1) is 0 Å². The van der Waals surface area contributed by atoms with Gasteiger partial charge in [0.2, 0.25) is 0 Å². The number of imidazole rings is 1. The molecular formula is C23H24Cl2F2N4O2S. The van der Waals surface area contributed by atoms with Crippen molar-refractivity contribution in [1.82, 2.24) is 19.2 Å². The van der Waals surface area contributed by atoms with Crippen LogP contribution in [0.15, 0.2) is 47.6 Å². The molecule has 0 radical (unpaired) electrons. The average molecular weight is 529 g/mol. The number of halogens is 4. The topological polar surface area (TPSA) is 69.3 Å². The summed E-state index contributed by atoms with van der Waals surface area (Å²) in [6.07, 6.45) is 1.27. The van der Waals surface area contributed by atoms with E-state index in [1.807, 2.05) is 0 Å². The molecule has 0 atom stereocenters. The zero-order chi connectivity index (χ0) is 24.6. The standard InChI is InChI=1S/C23H24Cl2F2N4O2S/c1-14(2)30-7-9-31(10-8-30)34(32,33)21-13-28-23(29-21)22(15-3-5-19(26)17(24)11-15)16-4-6-20(27)18(25)12-16/h3-6,11-14,22H,7-10H2,1-2H3,(H,28,29). The van der Waals surface area contributed by atoms with E-state index in [2.05, 4.69) is 28.7 Å². The molecule has 0 amide bonds. The molecule has 0 saturated carbocycles. The maximum atomic E-state index is 13.8. The van der Waals surface area contributed by atoms with Crippen LogP contribution in [0.1, 0.15) is 36.7 Å². The Kier molecular flexibility index (Phi) is 7.30. The van der Waals surface area contributed by atoms with Crippen molar-refractivity contribution >= 4 is 33.2 Å². The van der Waals surface area contributed by atoms with Crippen LogP contribution in [0.2, 0.25) is 10.0 Å². The summed E-state index contributed by atoms with van der Waals surface area (Å²) in [7, 11) is -3.80. The van der Waals surface area contributed by atoms with Crippen LogP contribution < -0.4 is 0 Å². The van der Waals surface area contributed by atoms with Gasteiger partial charge in [0.25, 0.3) is 10.0 Å². The predicted molar refractivity (Wildman–Crippen MR) is 128 cm³/mol. The summed E-state index contributed by atoms with van der Waals surface area (Å²) < 4.78 is 55.6. The number of piperazine rings is 1. The van der Waals surface area contributed by atoms with Gasteiger partial charge in [-0.25, -0.2) is 22.2 Å². The number of nitrogens with one attached hydrogen (secondary N) is 1. The highest BCUT2D eigenvalue weighted by atomic mass is 35.5. The summed E-state index contributed by atoms with van der Waals surface area (Å²) in [5.41, 5.74) is 1.08. The molecule has 11 heteroatoms. The molecule has 0 unspecified atom stereocenters. The first-order valence-corrected chi connectivity index (χ1v) is 13.0. The van der Waals surface area contributed by atoms with Crippen LogP contribution in [0, 0.1) is 11.6 Å². The minimum absolute atomic E-state index is 0.0492. The fourth-order valence-electron chi connectivity index (χ4n) is 4.09. The quantitative estimate of drug-likeness (QED) is 0.494. The van der Waals surface area contributed by atoms with Crippen LogP contribution in [0.5, 0.6) is 0 Å². The number of nitrogens with zero attached hydrogens (tertiary/aromatic N) is 3. The van der Waals surface area contributed by atoms with E-state index in [0.29, 0.717) is 43.3 Å². The van der Waals surface area contributed by atoms with E-state index < -0.39 is 27.6 Å². The van der Waals surface area contributed by atoms with Gasteiger partial charge in [-0.3, -0.25) is 4.90 Å². The van der Waals surface area contributed by atoms with Gasteiger partial charge in [0.15, 0.2) is 5.03 Å². The third-order valence-electron chi connectivity index (χ3n) is 6.02. The van der Waals surface area contributed by atoms with Crippen LogP contribution in [-0.4, -0.2) is 59.8 Å². The number of H-pyrrole nitrogens is 1. The molecule has 2 aromatic carbocycles. The van der Waals surface area contributed by atoms with Gasteiger partial charge in [0.05, 0.1) is 22.2 Å². The summed E-state index contributed by atoms with van der Waals surface area (Å²) >= 11 is 12.0. The molecule has 1 aliphatic heterocycles. The molecule has 2 heterocycles. The van der Waals surface area contributed by atoms with Crippen molar-refractivity contribution in [3.8, 4) is 0 Å². The Bertz CT molecular complexity index is 1240. The molecule has 182 valence electrons. The normalized spacial score (nSPS) is 16.0. The highest BCUT2D eigenvalue weighted by Crippen LogP contribution is 2.34. The van der Waals surface area contributed by atoms with Crippen molar-refractivity contribution in [3.63, 3.8) is 0 Å². The first kappa shape index (κ1) is 25.1. The van der Waals surface area contributed by atoms with E-state index >= 15 is 0 Å². The lowest BCUT2D eigenvalue weighted by Crippen LogP contribution is -2.50. The molecule has 0 spiro atoms. The summed E-state index contributed by atoms with van der Waals surface area (Å²) in [5.74, 6) is -1.59. The lowest BCUT2D eigenvalue weighted by Gasteiger charge is -2.35. The molecule has 34 heavy (non-hydrogen) atoms. The monoisotopic (exact) mass is 528 g/mol. The van der Waals surface area contributed by atoms with Gasteiger partial charge < -0.3 is 4.98 Å². The Labute approximate surface area is 207 Å². The van der Waals surface area contributed by atoms with Gasteiger partial charge in [0, 0.05) is 32.2 Å². The average Bonchev–Trinajstić information content (AvgIpc) is 3.29. The first-order valence-electron chi connectivity index (χ1n) is 10.8. The van der Waals surface area contributed by atoms with E-state index in [1.165, 1.54) is 46.9 Å². The number of sulfonamides is 1. The molecule has 4 rings (SSSR count). The lowest BCUT2D eigenvalue weighted by molar-refractivity contribution is 0.154. The Hall–Kier alpha value is -2.04. The minimum atomic E-state index is -3.80. The van der Waals surface area contributed by atoms with E-state index in [4.69, 9.17) is 23.2 Å². The summed E-state index contributed by atoms with van der Waals surface area (Å²) in [6.45, 7) is 6.19. The molecule has 1 aliphatic rings. The van der Waals surface area contributed by atoms with Crippen LogP contribution in [0.25, 0.3) is 0 Å². The highest BCUT2D eigenvalue weighted by Gasteiger charge is 2.32. The second-order valence-corrected chi connectivity index (χ2v) is 11.2. The number of rotatable bonds is 6. The third kappa shape index (κ3) is 4.99. The smallest absolute Gasteiger partial charge is 0.260 e. The maximum Gasteiger partial charge on any atom is 0.260 e. The number of aromatic nitrogens is 2. The van der Waals surface area contributed by atoms with Crippen molar-refractivity contribution in [1.29, 1.82) is 0 Å². The van der Waals surface area contributed by atoms with Crippen molar-refractivity contribution in [2.45, 2.75) is 30.8 Å². The van der Waals surface area contributed by atoms with Gasteiger partial charge >= 0.3 is 0 Å². The first-order chi connectivity index (χ1) is 16.1. The zero-order valence-corrected chi connectivity index (χ0v) is 20.9. The Morgan fingerprint density at radius 2 is 1.47 bits per heavy atom. The molecular weight excluding hydrogens is 505 g/mol. The van der Waals surface area contributed by atoms with E-state index in [9.17, 15) is 17.2 Å². The summed E-state index contributed by atoms with van der Waals surface area (Å²) in [5, 5.41) is -0.247. The maximum absolute atomic E-state index is 13.8. The fourth-order valence-corrected chi connectivity index (χ4v) is 5.81. The van der Waals surface area contributed by atoms with Gasteiger partial charge in [-0.05, 0) is 49.2 Å². The van der Waals surface area contributed by atoms with Crippen molar-refractivity contribution < 1.29 is 17.2 Å². The highest BCUT2D eigenvalue weighted by molar-refractivity contribution is 7.89. The zero-order valence-electron chi connectivity index (χ0n) is 18.6. The third-order valence-corrected chi connectivity index (χ3v) is 8.41. The molecule has 0 bridgehead atoms. The number of hydrogen-bond acceptors (Lipinski definition) is 4. The molecule has 0 aliphatic carbocycles. The summed E-state index contributed by atoms with van der Waals surface area (Å²) in [6, 6.07) is 8.67. The van der Waals surface area contributed by atoms with Gasteiger partial charge in [0.1, 0.15) is 17.5 Å². The summed E-state index contributed by atoms with van der Waals surface area (Å²) in [4.78, 5) is 9.47. The molecule has 1 aromatic heterocycles. The van der Waals surface area contributed by atoms with Crippen LogP contribution in [0.4, 0.5) is 8.78 Å². The van der Waals surface area contributed by atoms with Crippen molar-refractivity contribution in [2.75, 3.05) is 26.2 Å². The van der Waals surface area contributed by atoms with E-state index in [-0.39, 0.29) is 20.9 Å². The van der Waals surface area contributed by atoms with Crippen molar-refractivity contribution in [2.24, 2.45) is 0 Å².